The summed E-state index contributed by atoms with van der Waals surface area (Å²) in [4.78, 5) is 11.4. The highest BCUT2D eigenvalue weighted by molar-refractivity contribution is 5.99. The lowest BCUT2D eigenvalue weighted by atomic mass is 10.0. The molecule has 0 saturated heterocycles. The Morgan fingerprint density at radius 1 is 1.58 bits per heavy atom. The van der Waals surface area contributed by atoms with E-state index in [1.165, 1.54) is 0 Å². The fraction of sp³-hybridized carbons (Fsp3) is 0.545. The van der Waals surface area contributed by atoms with Crippen LogP contribution < -0.4 is 0 Å². The van der Waals surface area contributed by atoms with Gasteiger partial charge in [0.1, 0.15) is 0 Å². The van der Waals surface area contributed by atoms with Crippen LogP contribution in [-0.4, -0.2) is 5.78 Å². The van der Waals surface area contributed by atoms with Gasteiger partial charge in [-0.15, -0.1) is 0 Å². The third-order valence-corrected chi connectivity index (χ3v) is 2.22. The number of carbonyl (C=O) groups is 1. The Balaban J connectivity index is 2.44. The first-order valence-corrected chi connectivity index (χ1v) is 4.64. The van der Waals surface area contributed by atoms with Gasteiger partial charge in [-0.3, -0.25) is 4.79 Å². The third-order valence-electron chi connectivity index (χ3n) is 2.22. The molecule has 0 bridgehead atoms. The number of hydrogen-bond acceptors (Lipinski definition) is 1. The lowest BCUT2D eigenvalue weighted by Crippen LogP contribution is -2.05. The molecule has 12 heavy (non-hydrogen) atoms. The second-order valence-electron chi connectivity index (χ2n) is 3.31. The minimum Gasteiger partial charge on any atom is -0.294 e. The topological polar surface area (TPSA) is 17.1 Å². The van der Waals surface area contributed by atoms with Crippen molar-refractivity contribution in [3.8, 4) is 0 Å². The first-order chi connectivity index (χ1) is 5.75. The summed E-state index contributed by atoms with van der Waals surface area (Å²) in [5.74, 6) is 0.575. The molecule has 1 nitrogen and oxygen atoms in total. The van der Waals surface area contributed by atoms with Gasteiger partial charge in [0.05, 0.1) is 0 Å². The lowest BCUT2D eigenvalue weighted by molar-refractivity contribution is -0.117. The fourth-order valence-corrected chi connectivity index (χ4v) is 1.40. The molecule has 0 aliphatic heterocycles. The van der Waals surface area contributed by atoms with Crippen LogP contribution in [0.1, 0.15) is 33.1 Å². The summed E-state index contributed by atoms with van der Waals surface area (Å²) < 4.78 is 0. The summed E-state index contributed by atoms with van der Waals surface area (Å²) in [6, 6.07) is 0. The van der Waals surface area contributed by atoms with E-state index in [0.29, 0.717) is 5.78 Å². The average molecular weight is 164 g/mol. The molecule has 66 valence electrons. The maximum atomic E-state index is 11.4. The van der Waals surface area contributed by atoms with E-state index >= 15 is 0 Å². The van der Waals surface area contributed by atoms with Crippen LogP contribution >= 0.6 is 0 Å². The summed E-state index contributed by atoms with van der Waals surface area (Å²) >= 11 is 0. The van der Waals surface area contributed by atoms with Crippen LogP contribution in [0.2, 0.25) is 0 Å². The van der Waals surface area contributed by atoms with Gasteiger partial charge >= 0.3 is 0 Å². The summed E-state index contributed by atoms with van der Waals surface area (Å²) in [6.07, 6.45) is 9.09. The second kappa shape index (κ2) is 4.24. The van der Waals surface area contributed by atoms with Crippen LogP contribution in [0.4, 0.5) is 0 Å². The quantitative estimate of drug-likeness (QED) is 0.586. The van der Waals surface area contributed by atoms with Gasteiger partial charge in [-0.2, -0.15) is 0 Å². The molecule has 0 heterocycles. The maximum Gasteiger partial charge on any atom is 0.161 e. The van der Waals surface area contributed by atoms with Crippen molar-refractivity contribution in [2.45, 2.75) is 33.1 Å². The number of allylic oxidation sites excluding steroid dienone is 4. The third kappa shape index (κ3) is 2.07. The van der Waals surface area contributed by atoms with Gasteiger partial charge in [-0.1, -0.05) is 32.1 Å². The molecule has 0 aromatic rings. The molecule has 0 saturated carbocycles. The van der Waals surface area contributed by atoms with Gasteiger partial charge in [0.25, 0.3) is 0 Å². The van der Waals surface area contributed by atoms with E-state index in [1.54, 1.807) is 0 Å². The molecule has 1 aliphatic carbocycles. The fourth-order valence-electron chi connectivity index (χ4n) is 1.40. The largest absolute Gasteiger partial charge is 0.294 e. The molecule has 1 rings (SSSR count). The van der Waals surface area contributed by atoms with E-state index in [4.69, 9.17) is 0 Å². The van der Waals surface area contributed by atoms with Gasteiger partial charge in [-0.05, 0) is 24.8 Å². The van der Waals surface area contributed by atoms with Crippen LogP contribution in [0.3, 0.4) is 0 Å². The first-order valence-electron chi connectivity index (χ1n) is 4.64. The first kappa shape index (κ1) is 9.24. The molecule has 0 fully saturated rings. The summed E-state index contributed by atoms with van der Waals surface area (Å²) in [6.45, 7) is 4.10. The van der Waals surface area contributed by atoms with E-state index in [9.17, 15) is 4.79 Å². The minimum atomic E-state index is 0.232. The van der Waals surface area contributed by atoms with E-state index in [2.05, 4.69) is 25.2 Å². The zero-order valence-corrected chi connectivity index (χ0v) is 7.84. The number of hydrogen-bond donors (Lipinski definition) is 0. The van der Waals surface area contributed by atoms with Crippen molar-refractivity contribution >= 4 is 5.78 Å². The van der Waals surface area contributed by atoms with Crippen LogP contribution in [0.5, 0.6) is 0 Å². The standard InChI is InChI=1S/C11H16O/c1-3-4-5-6-10-8-7-9(2)11(10)12/h4-5,8-9H,3,6-7H2,1-2H3/b5-4-. The van der Waals surface area contributed by atoms with Crippen LogP contribution in [-0.2, 0) is 4.79 Å². The molecule has 1 heteroatoms. The van der Waals surface area contributed by atoms with Gasteiger partial charge in [0.2, 0.25) is 0 Å². The van der Waals surface area contributed by atoms with E-state index < -0.39 is 0 Å². The van der Waals surface area contributed by atoms with Crippen molar-refractivity contribution in [2.75, 3.05) is 0 Å². The van der Waals surface area contributed by atoms with Crippen LogP contribution in [0, 0.1) is 5.92 Å². The summed E-state index contributed by atoms with van der Waals surface area (Å²) in [7, 11) is 0. The number of Topliss-reactive ketones (excluding diaryl/α,β-unsaturated/α-hetero) is 1. The second-order valence-corrected chi connectivity index (χ2v) is 3.31. The Hall–Kier alpha value is -0.850. The Morgan fingerprint density at radius 2 is 2.33 bits per heavy atom. The molecule has 0 amide bonds. The van der Waals surface area contributed by atoms with Crippen molar-refractivity contribution in [3.05, 3.63) is 23.8 Å². The molecular formula is C11H16O. The molecule has 1 aliphatic rings. The van der Waals surface area contributed by atoms with Gasteiger partial charge in [0.15, 0.2) is 5.78 Å². The predicted molar refractivity (Wildman–Crippen MR) is 50.9 cm³/mol. The summed E-state index contributed by atoms with van der Waals surface area (Å²) in [5, 5.41) is 0. The highest BCUT2D eigenvalue weighted by Crippen LogP contribution is 2.22. The highest BCUT2D eigenvalue weighted by atomic mass is 16.1. The Bertz CT molecular complexity index is 223. The molecule has 0 aromatic carbocycles. The van der Waals surface area contributed by atoms with Gasteiger partial charge in [0, 0.05) is 5.92 Å². The maximum absolute atomic E-state index is 11.4. The van der Waals surface area contributed by atoms with E-state index in [1.807, 2.05) is 6.92 Å². The number of rotatable bonds is 3. The predicted octanol–water partition coefficient (Wildman–Crippen LogP) is 2.88. The minimum absolute atomic E-state index is 0.232. The molecular weight excluding hydrogens is 148 g/mol. The summed E-state index contributed by atoms with van der Waals surface area (Å²) in [5.41, 5.74) is 1.01. The molecule has 1 atom stereocenters. The van der Waals surface area contributed by atoms with Crippen LogP contribution in [0.25, 0.3) is 0 Å². The van der Waals surface area contributed by atoms with E-state index in [0.717, 1.165) is 24.8 Å². The Kier molecular flexibility index (Phi) is 3.27. The molecule has 0 radical (unpaired) electrons. The SMILES string of the molecule is CC/C=C\CC1=CCC(C)C1=O. The highest BCUT2D eigenvalue weighted by Gasteiger charge is 2.21. The van der Waals surface area contributed by atoms with Gasteiger partial charge in [-0.25, -0.2) is 0 Å². The molecule has 0 N–H and O–H groups in total. The molecule has 0 aromatic heterocycles. The van der Waals surface area contributed by atoms with Crippen molar-refractivity contribution in [1.29, 1.82) is 0 Å². The number of ketones is 1. The van der Waals surface area contributed by atoms with Crippen molar-refractivity contribution in [1.82, 2.24) is 0 Å². The Labute approximate surface area is 74.2 Å². The van der Waals surface area contributed by atoms with Crippen molar-refractivity contribution in [3.63, 3.8) is 0 Å². The zero-order valence-electron chi connectivity index (χ0n) is 7.84. The smallest absolute Gasteiger partial charge is 0.161 e. The number of carbonyl (C=O) groups excluding carboxylic acids is 1. The van der Waals surface area contributed by atoms with Gasteiger partial charge < -0.3 is 0 Å². The zero-order chi connectivity index (χ0) is 8.97. The van der Waals surface area contributed by atoms with E-state index in [-0.39, 0.29) is 5.92 Å². The lowest BCUT2D eigenvalue weighted by Gasteiger charge is -1.98. The van der Waals surface area contributed by atoms with Crippen molar-refractivity contribution in [2.24, 2.45) is 5.92 Å². The van der Waals surface area contributed by atoms with Crippen molar-refractivity contribution < 1.29 is 4.79 Å². The normalized spacial score (nSPS) is 23.7. The van der Waals surface area contributed by atoms with Crippen LogP contribution in [0.15, 0.2) is 23.8 Å². The Morgan fingerprint density at radius 3 is 2.83 bits per heavy atom. The molecule has 0 spiro atoms. The molecule has 1 unspecified atom stereocenters. The average Bonchev–Trinajstić information content (AvgIpc) is 2.36. The monoisotopic (exact) mass is 164 g/mol.